The Morgan fingerprint density at radius 1 is 0.889 bits per heavy atom. The van der Waals surface area contributed by atoms with E-state index in [1.165, 1.54) is 0 Å². The first kappa shape index (κ1) is 17.4. The van der Waals surface area contributed by atoms with Gasteiger partial charge in [0.1, 0.15) is 0 Å². The number of hydrogen-bond acceptors (Lipinski definition) is 3. The summed E-state index contributed by atoms with van der Waals surface area (Å²) in [7, 11) is 0. The normalized spacial score (nSPS) is 15.9. The molecule has 3 aromatic carbocycles. The van der Waals surface area contributed by atoms with Gasteiger partial charge in [0, 0.05) is 16.2 Å². The third kappa shape index (κ3) is 3.34. The molecule has 0 fully saturated rings. The van der Waals surface area contributed by atoms with E-state index in [4.69, 9.17) is 0 Å². The van der Waals surface area contributed by atoms with E-state index < -0.39 is 5.97 Å². The Morgan fingerprint density at radius 3 is 2.22 bits per heavy atom. The fourth-order valence-corrected chi connectivity index (χ4v) is 4.41. The molecule has 3 aromatic rings. The monoisotopic (exact) mass is 375 g/mol. The maximum Gasteiger partial charge on any atom is 0.335 e. The van der Waals surface area contributed by atoms with Crippen LogP contribution in [0, 0.1) is 0 Å². The smallest absolute Gasteiger partial charge is 0.335 e. The Morgan fingerprint density at radius 2 is 1.56 bits per heavy atom. The Balaban J connectivity index is 1.86. The molecule has 0 aliphatic carbocycles. The van der Waals surface area contributed by atoms with Gasteiger partial charge in [-0.05, 0) is 35.9 Å². The Hall–Kier alpha value is -3.05. The van der Waals surface area contributed by atoms with Crippen molar-refractivity contribution in [2.24, 2.45) is 0 Å². The van der Waals surface area contributed by atoms with Crippen LogP contribution in [0.25, 0.3) is 0 Å². The van der Waals surface area contributed by atoms with E-state index in [0.717, 1.165) is 10.5 Å². The molecule has 1 heterocycles. The van der Waals surface area contributed by atoms with Crippen molar-refractivity contribution in [1.29, 1.82) is 0 Å². The van der Waals surface area contributed by atoms with Crippen molar-refractivity contribution >= 4 is 29.3 Å². The van der Waals surface area contributed by atoms with Crippen molar-refractivity contribution in [2.45, 2.75) is 10.9 Å². The molecular weight excluding hydrogens is 358 g/mol. The number of benzene rings is 3. The molecule has 1 aliphatic heterocycles. The molecule has 0 spiro atoms. The van der Waals surface area contributed by atoms with Gasteiger partial charge < -0.3 is 5.11 Å². The van der Waals surface area contributed by atoms with Gasteiger partial charge >= 0.3 is 5.97 Å². The van der Waals surface area contributed by atoms with Crippen molar-refractivity contribution in [3.05, 3.63) is 95.6 Å². The molecular formula is C22H17NO3S. The lowest BCUT2D eigenvalue weighted by atomic mass is 10.0. The molecule has 134 valence electrons. The third-order valence-electron chi connectivity index (χ3n) is 4.60. The summed E-state index contributed by atoms with van der Waals surface area (Å²) in [6, 6.07) is 23.8. The van der Waals surface area contributed by atoms with Gasteiger partial charge in [0.15, 0.2) is 0 Å². The van der Waals surface area contributed by atoms with Crippen molar-refractivity contribution in [1.82, 2.24) is 0 Å². The highest BCUT2D eigenvalue weighted by Gasteiger charge is 2.33. The van der Waals surface area contributed by atoms with Crippen LogP contribution >= 0.6 is 11.8 Å². The van der Waals surface area contributed by atoms with Gasteiger partial charge in [0.25, 0.3) is 5.91 Å². The zero-order valence-electron chi connectivity index (χ0n) is 14.4. The molecule has 27 heavy (non-hydrogen) atoms. The number of hydrogen-bond donors (Lipinski definition) is 1. The van der Waals surface area contributed by atoms with Gasteiger partial charge in [-0.15, -0.1) is 11.8 Å². The molecule has 0 saturated carbocycles. The summed E-state index contributed by atoms with van der Waals surface area (Å²) < 4.78 is 0. The molecule has 4 rings (SSSR count). The minimum absolute atomic E-state index is 0.131. The predicted octanol–water partition coefficient (Wildman–Crippen LogP) is 4.88. The van der Waals surface area contributed by atoms with Crippen LogP contribution in [0.3, 0.4) is 0 Å². The third-order valence-corrected chi connectivity index (χ3v) is 5.74. The van der Waals surface area contributed by atoms with E-state index in [1.807, 2.05) is 48.5 Å². The second kappa shape index (κ2) is 7.29. The largest absolute Gasteiger partial charge is 0.478 e. The molecule has 0 aromatic heterocycles. The second-order valence-electron chi connectivity index (χ2n) is 6.27. The molecule has 1 atom stereocenters. The quantitative estimate of drug-likeness (QED) is 0.709. The molecule has 4 nitrogen and oxygen atoms in total. The topological polar surface area (TPSA) is 57.6 Å². The van der Waals surface area contributed by atoms with Crippen molar-refractivity contribution < 1.29 is 14.7 Å². The van der Waals surface area contributed by atoms with Gasteiger partial charge in [-0.3, -0.25) is 9.69 Å². The zero-order chi connectivity index (χ0) is 18.8. The first-order valence-electron chi connectivity index (χ1n) is 8.59. The number of rotatable bonds is 3. The lowest BCUT2D eigenvalue weighted by Crippen LogP contribution is -2.38. The van der Waals surface area contributed by atoms with Gasteiger partial charge in [-0.1, -0.05) is 48.5 Å². The molecule has 0 saturated heterocycles. The van der Waals surface area contributed by atoms with Crippen LogP contribution in [0.5, 0.6) is 0 Å². The molecule has 0 bridgehead atoms. The standard InChI is InChI=1S/C22H17NO3S/c24-21(16-9-5-2-6-10-16)23-18-13-17(22(25)26)11-12-20(18)27-14-19(23)15-7-3-1-4-8-15/h1-13,19H,14H2,(H,25,26). The maximum absolute atomic E-state index is 13.4. The Labute approximate surface area is 161 Å². The summed E-state index contributed by atoms with van der Waals surface area (Å²) in [5, 5.41) is 9.40. The minimum atomic E-state index is -1.00. The van der Waals surface area contributed by atoms with Gasteiger partial charge in [0.2, 0.25) is 0 Å². The second-order valence-corrected chi connectivity index (χ2v) is 7.33. The summed E-state index contributed by atoms with van der Waals surface area (Å²) in [5.41, 5.74) is 2.43. The summed E-state index contributed by atoms with van der Waals surface area (Å²) in [4.78, 5) is 27.5. The lowest BCUT2D eigenvalue weighted by molar-refractivity contribution is 0.0696. The van der Waals surface area contributed by atoms with Crippen LogP contribution in [0.2, 0.25) is 0 Å². The molecule has 5 heteroatoms. The van der Waals surface area contributed by atoms with Crippen molar-refractivity contribution in [2.75, 3.05) is 10.7 Å². The lowest BCUT2D eigenvalue weighted by Gasteiger charge is -2.37. The fraction of sp³-hybridized carbons (Fsp3) is 0.0909. The highest BCUT2D eigenvalue weighted by Crippen LogP contribution is 2.44. The SMILES string of the molecule is O=C(O)c1ccc2c(c1)N(C(=O)c1ccccc1)C(c1ccccc1)CS2. The van der Waals surface area contributed by atoms with E-state index in [2.05, 4.69) is 0 Å². The number of carbonyl (C=O) groups is 2. The van der Waals surface area contributed by atoms with Gasteiger partial charge in [0.05, 0.1) is 17.3 Å². The number of fused-ring (bicyclic) bond motifs is 1. The van der Waals surface area contributed by atoms with Crippen molar-refractivity contribution in [3.8, 4) is 0 Å². The van der Waals surface area contributed by atoms with Crippen LogP contribution in [0.4, 0.5) is 5.69 Å². The van der Waals surface area contributed by atoms with Crippen LogP contribution < -0.4 is 4.90 Å². The highest BCUT2D eigenvalue weighted by atomic mass is 32.2. The van der Waals surface area contributed by atoms with Crippen LogP contribution in [0.15, 0.2) is 83.8 Å². The van der Waals surface area contributed by atoms with Crippen LogP contribution in [-0.2, 0) is 0 Å². The summed E-state index contributed by atoms with van der Waals surface area (Å²) in [5.74, 6) is -0.424. The van der Waals surface area contributed by atoms with E-state index in [0.29, 0.717) is 17.0 Å². The number of carboxylic acid groups (broad SMARTS) is 1. The zero-order valence-corrected chi connectivity index (χ0v) is 15.2. The fourth-order valence-electron chi connectivity index (χ4n) is 3.26. The number of thioether (sulfide) groups is 1. The number of amides is 1. The first-order chi connectivity index (χ1) is 13.1. The molecule has 1 aliphatic rings. The highest BCUT2D eigenvalue weighted by molar-refractivity contribution is 7.99. The Kier molecular flexibility index (Phi) is 4.69. The number of carbonyl (C=O) groups excluding carboxylic acids is 1. The molecule has 1 amide bonds. The number of anilines is 1. The molecule has 1 N–H and O–H groups in total. The van der Waals surface area contributed by atoms with Crippen molar-refractivity contribution in [3.63, 3.8) is 0 Å². The van der Waals surface area contributed by atoms with Gasteiger partial charge in [-0.25, -0.2) is 4.79 Å². The number of carboxylic acids is 1. The number of nitrogens with zero attached hydrogens (tertiary/aromatic N) is 1. The van der Waals surface area contributed by atoms with Crippen LogP contribution in [-0.4, -0.2) is 22.7 Å². The first-order valence-corrected chi connectivity index (χ1v) is 9.57. The Bertz CT molecular complexity index is 989. The average Bonchev–Trinajstić information content (AvgIpc) is 2.73. The summed E-state index contributed by atoms with van der Waals surface area (Å²) in [6.45, 7) is 0. The predicted molar refractivity (Wildman–Crippen MR) is 107 cm³/mol. The van der Waals surface area contributed by atoms with E-state index in [9.17, 15) is 14.7 Å². The maximum atomic E-state index is 13.4. The van der Waals surface area contributed by atoms with E-state index >= 15 is 0 Å². The van der Waals surface area contributed by atoms with Crippen LogP contribution in [0.1, 0.15) is 32.3 Å². The summed E-state index contributed by atoms with van der Waals surface area (Å²) in [6.07, 6.45) is 0. The van der Waals surface area contributed by atoms with E-state index in [1.54, 1.807) is 47.0 Å². The van der Waals surface area contributed by atoms with Gasteiger partial charge in [-0.2, -0.15) is 0 Å². The molecule has 0 radical (unpaired) electrons. The average molecular weight is 375 g/mol. The summed E-state index contributed by atoms with van der Waals surface area (Å²) >= 11 is 1.64. The number of aromatic carboxylic acids is 1. The van der Waals surface area contributed by atoms with E-state index in [-0.39, 0.29) is 17.5 Å². The molecule has 1 unspecified atom stereocenters. The minimum Gasteiger partial charge on any atom is -0.478 e.